The van der Waals surface area contributed by atoms with Crippen molar-refractivity contribution in [2.45, 2.75) is 32.2 Å². The smallest absolute Gasteiger partial charge is 0.241 e. The fourth-order valence-electron chi connectivity index (χ4n) is 3.50. The molecule has 3 amide bonds. The summed E-state index contributed by atoms with van der Waals surface area (Å²) in [6.45, 7) is 2.76. The summed E-state index contributed by atoms with van der Waals surface area (Å²) in [5.41, 5.74) is 0.738. The van der Waals surface area contributed by atoms with Gasteiger partial charge in [-0.25, -0.2) is 0 Å². The van der Waals surface area contributed by atoms with Crippen molar-refractivity contribution in [3.63, 3.8) is 0 Å². The molecule has 0 radical (unpaired) electrons. The molecule has 2 atom stereocenters. The predicted molar refractivity (Wildman–Crippen MR) is 88.4 cm³/mol. The van der Waals surface area contributed by atoms with E-state index in [0.717, 1.165) is 18.5 Å². The average Bonchev–Trinajstić information content (AvgIpc) is 2.79. The Morgan fingerprint density at radius 1 is 1.32 bits per heavy atom. The van der Waals surface area contributed by atoms with E-state index in [4.69, 9.17) is 4.52 Å². The molecule has 8 heteroatoms. The molecule has 3 aliphatic rings. The number of rotatable bonds is 4. The van der Waals surface area contributed by atoms with Gasteiger partial charge in [0.15, 0.2) is 0 Å². The molecule has 3 aliphatic heterocycles. The number of carbonyl (C=O) groups is 3. The van der Waals surface area contributed by atoms with Crippen LogP contribution in [0.1, 0.15) is 24.3 Å². The van der Waals surface area contributed by atoms with Crippen LogP contribution >= 0.6 is 0 Å². The Morgan fingerprint density at radius 2 is 2.08 bits per heavy atom. The molecule has 2 bridgehead atoms. The molecule has 4 rings (SSSR count). The second-order valence-electron chi connectivity index (χ2n) is 7.09. The van der Waals surface area contributed by atoms with E-state index in [0.29, 0.717) is 18.8 Å². The second kappa shape index (κ2) is 6.85. The summed E-state index contributed by atoms with van der Waals surface area (Å²) in [7, 11) is 3.36. The van der Waals surface area contributed by atoms with Gasteiger partial charge in [0.1, 0.15) is 12.3 Å². The molecule has 1 aromatic heterocycles. The monoisotopic (exact) mass is 348 g/mol. The van der Waals surface area contributed by atoms with Gasteiger partial charge in [0, 0.05) is 39.3 Å². The first kappa shape index (κ1) is 17.4. The largest absolute Gasteiger partial charge is 0.361 e. The van der Waals surface area contributed by atoms with Crippen LogP contribution in [0.2, 0.25) is 0 Å². The van der Waals surface area contributed by atoms with Gasteiger partial charge in [0.05, 0.1) is 18.0 Å². The zero-order valence-corrected chi connectivity index (χ0v) is 14.9. The van der Waals surface area contributed by atoms with Crippen LogP contribution in [0.15, 0.2) is 10.6 Å². The lowest BCUT2D eigenvalue weighted by Crippen LogP contribution is -2.51. The van der Waals surface area contributed by atoms with Crippen LogP contribution in [0.4, 0.5) is 0 Å². The second-order valence-corrected chi connectivity index (χ2v) is 7.09. The van der Waals surface area contributed by atoms with Crippen molar-refractivity contribution < 1.29 is 18.9 Å². The van der Waals surface area contributed by atoms with E-state index in [1.807, 2.05) is 6.92 Å². The van der Waals surface area contributed by atoms with Gasteiger partial charge in [-0.1, -0.05) is 5.16 Å². The highest BCUT2D eigenvalue weighted by Gasteiger charge is 2.42. The first-order valence-corrected chi connectivity index (χ1v) is 8.55. The lowest BCUT2D eigenvalue weighted by atomic mass is 9.94. The van der Waals surface area contributed by atoms with Crippen molar-refractivity contribution in [3.8, 4) is 0 Å². The summed E-state index contributed by atoms with van der Waals surface area (Å²) in [5.74, 6) is 0.119. The molecule has 0 spiro atoms. The Hall–Kier alpha value is -2.38. The van der Waals surface area contributed by atoms with Gasteiger partial charge in [0.2, 0.25) is 17.7 Å². The van der Waals surface area contributed by atoms with Gasteiger partial charge in [-0.3, -0.25) is 14.4 Å². The van der Waals surface area contributed by atoms with Crippen LogP contribution in [0, 0.1) is 12.8 Å². The van der Waals surface area contributed by atoms with Gasteiger partial charge in [0.25, 0.3) is 0 Å². The molecule has 0 unspecified atom stereocenters. The number of hydrogen-bond donors (Lipinski definition) is 0. The number of nitrogens with zero attached hydrogens (tertiary/aromatic N) is 4. The Balaban J connectivity index is 1.70. The van der Waals surface area contributed by atoms with Crippen LogP contribution in [-0.2, 0) is 20.8 Å². The quantitative estimate of drug-likeness (QED) is 0.768. The first-order valence-electron chi connectivity index (χ1n) is 8.55. The minimum Gasteiger partial charge on any atom is -0.361 e. The molecule has 0 aliphatic carbocycles. The number of likely N-dealkylation sites (N-methyl/N-ethyl adjacent to an activating group) is 1. The van der Waals surface area contributed by atoms with Crippen LogP contribution in [0.5, 0.6) is 0 Å². The molecule has 4 heterocycles. The van der Waals surface area contributed by atoms with E-state index in [1.54, 1.807) is 30.0 Å². The van der Waals surface area contributed by atoms with Crippen molar-refractivity contribution >= 4 is 17.7 Å². The molecule has 0 N–H and O–H groups in total. The SMILES string of the molecule is Cc1cc(CC(=O)N2C[C@@H]3CC[C@H](C2)N(CC(=O)N(C)C)C3=O)on1. The van der Waals surface area contributed by atoms with Crippen molar-refractivity contribution in [2.75, 3.05) is 33.7 Å². The Labute approximate surface area is 146 Å². The van der Waals surface area contributed by atoms with Gasteiger partial charge in [-0.05, 0) is 19.8 Å². The maximum atomic E-state index is 12.7. The first-order chi connectivity index (χ1) is 11.8. The molecule has 3 fully saturated rings. The fraction of sp³-hybridized carbons (Fsp3) is 0.647. The zero-order chi connectivity index (χ0) is 18.1. The van der Waals surface area contributed by atoms with Gasteiger partial charge < -0.3 is 19.2 Å². The van der Waals surface area contributed by atoms with E-state index < -0.39 is 0 Å². The Morgan fingerprint density at radius 3 is 2.72 bits per heavy atom. The maximum absolute atomic E-state index is 12.7. The topological polar surface area (TPSA) is 87.0 Å². The van der Waals surface area contributed by atoms with Crippen molar-refractivity contribution in [1.82, 2.24) is 19.9 Å². The number of carbonyl (C=O) groups excluding carboxylic acids is 3. The fourth-order valence-corrected chi connectivity index (χ4v) is 3.50. The summed E-state index contributed by atoms with van der Waals surface area (Å²) >= 11 is 0. The lowest BCUT2D eigenvalue weighted by molar-refractivity contribution is -0.145. The number of fused-ring (bicyclic) bond motifs is 4. The third-order valence-corrected chi connectivity index (χ3v) is 4.95. The molecule has 0 saturated carbocycles. The number of hydrogen-bond acceptors (Lipinski definition) is 5. The third-order valence-electron chi connectivity index (χ3n) is 4.95. The van der Waals surface area contributed by atoms with E-state index in [-0.39, 0.29) is 42.6 Å². The number of piperidine rings is 1. The lowest BCUT2D eigenvalue weighted by Gasteiger charge is -2.35. The van der Waals surface area contributed by atoms with Gasteiger partial charge in [-0.2, -0.15) is 0 Å². The van der Waals surface area contributed by atoms with Gasteiger partial charge in [-0.15, -0.1) is 0 Å². The number of aromatic nitrogens is 1. The van der Waals surface area contributed by atoms with E-state index in [1.165, 1.54) is 4.90 Å². The molecular formula is C17H24N4O4. The van der Waals surface area contributed by atoms with Crippen molar-refractivity contribution in [1.29, 1.82) is 0 Å². The van der Waals surface area contributed by atoms with Gasteiger partial charge >= 0.3 is 0 Å². The minimum atomic E-state index is -0.228. The Bertz CT molecular complexity index is 684. The molecule has 136 valence electrons. The van der Waals surface area contributed by atoms with Crippen LogP contribution in [0.25, 0.3) is 0 Å². The summed E-state index contributed by atoms with van der Waals surface area (Å²) in [4.78, 5) is 42.2. The van der Waals surface area contributed by atoms with E-state index >= 15 is 0 Å². The summed E-state index contributed by atoms with van der Waals surface area (Å²) in [6.07, 6.45) is 1.73. The van der Waals surface area contributed by atoms with E-state index in [9.17, 15) is 14.4 Å². The Kier molecular flexibility index (Phi) is 4.78. The molecule has 0 aromatic carbocycles. The molecular weight excluding hydrogens is 324 g/mol. The van der Waals surface area contributed by atoms with Crippen molar-refractivity contribution in [2.24, 2.45) is 5.92 Å². The predicted octanol–water partition coefficient (Wildman–Crippen LogP) is 0.0631. The van der Waals surface area contributed by atoms with Crippen LogP contribution in [0.3, 0.4) is 0 Å². The molecule has 3 saturated heterocycles. The van der Waals surface area contributed by atoms with Crippen molar-refractivity contribution in [3.05, 3.63) is 17.5 Å². The molecule has 8 nitrogen and oxygen atoms in total. The normalized spacial score (nSPS) is 22.9. The zero-order valence-electron chi connectivity index (χ0n) is 14.9. The van der Waals surface area contributed by atoms with E-state index in [2.05, 4.69) is 5.16 Å². The summed E-state index contributed by atoms with van der Waals surface area (Å²) in [6, 6.07) is 1.65. The number of amides is 3. The average molecular weight is 348 g/mol. The highest BCUT2D eigenvalue weighted by atomic mass is 16.5. The summed E-state index contributed by atoms with van der Waals surface area (Å²) in [5, 5.41) is 3.80. The molecule has 1 aromatic rings. The number of aryl methyl sites for hydroxylation is 1. The summed E-state index contributed by atoms with van der Waals surface area (Å²) < 4.78 is 5.12. The molecule has 25 heavy (non-hydrogen) atoms. The van der Waals surface area contributed by atoms with Crippen LogP contribution in [-0.4, -0.2) is 77.3 Å². The standard InChI is InChI=1S/C17H24N4O4/c1-11-6-14(25-18-11)7-15(22)20-8-12-4-5-13(9-20)21(17(12)24)10-16(23)19(2)3/h6,12-13H,4-5,7-10H2,1-3H3/t12-,13+/m0/s1. The van der Waals surface area contributed by atoms with Crippen LogP contribution < -0.4 is 0 Å². The highest BCUT2D eigenvalue weighted by molar-refractivity contribution is 5.88. The third kappa shape index (κ3) is 3.67. The minimum absolute atomic E-state index is 0.0164. The highest BCUT2D eigenvalue weighted by Crippen LogP contribution is 2.29. The maximum Gasteiger partial charge on any atom is 0.241 e.